The van der Waals surface area contributed by atoms with E-state index < -0.39 is 0 Å². The van der Waals surface area contributed by atoms with Crippen LogP contribution in [0.5, 0.6) is 0 Å². The van der Waals surface area contributed by atoms with Crippen LogP contribution >= 0.6 is 11.6 Å². The van der Waals surface area contributed by atoms with Crippen molar-refractivity contribution < 1.29 is 4.79 Å². The van der Waals surface area contributed by atoms with E-state index in [0.29, 0.717) is 5.02 Å². The van der Waals surface area contributed by atoms with E-state index in [9.17, 15) is 4.79 Å². The second-order valence-corrected chi connectivity index (χ2v) is 5.06. The van der Waals surface area contributed by atoms with Crippen LogP contribution in [0.3, 0.4) is 0 Å². The molecule has 0 unspecified atom stereocenters. The molecule has 0 aliphatic carbocycles. The van der Waals surface area contributed by atoms with Gasteiger partial charge in [0.1, 0.15) is 0 Å². The quantitative estimate of drug-likeness (QED) is 0.892. The van der Waals surface area contributed by atoms with Gasteiger partial charge in [0.15, 0.2) is 0 Å². The molecule has 104 valence electrons. The second-order valence-electron chi connectivity index (χ2n) is 4.65. The maximum atomic E-state index is 11.9. The highest BCUT2D eigenvalue weighted by atomic mass is 35.5. The van der Waals surface area contributed by atoms with Gasteiger partial charge in [0.2, 0.25) is 5.91 Å². The lowest BCUT2D eigenvalue weighted by molar-refractivity contribution is -0.114. The van der Waals surface area contributed by atoms with E-state index >= 15 is 0 Å². The van der Waals surface area contributed by atoms with Crippen molar-refractivity contribution in [1.82, 2.24) is 0 Å². The molecular weight excluding hydrogens is 272 g/mol. The highest BCUT2D eigenvalue weighted by Gasteiger charge is 2.07. The molecule has 1 amide bonds. The Labute approximate surface area is 124 Å². The summed E-state index contributed by atoms with van der Waals surface area (Å²) in [6.45, 7) is 4.09. The molecule has 2 aromatic rings. The minimum Gasteiger partial charge on any atom is -0.375 e. The van der Waals surface area contributed by atoms with Gasteiger partial charge in [-0.25, -0.2) is 0 Å². The van der Waals surface area contributed by atoms with Crippen LogP contribution in [0.15, 0.2) is 42.5 Å². The number of nitrogens with one attached hydrogen (secondary N) is 2. The molecule has 3 nitrogen and oxygen atoms in total. The van der Waals surface area contributed by atoms with Crippen molar-refractivity contribution in [2.24, 2.45) is 0 Å². The smallest absolute Gasteiger partial charge is 0.243 e. The average molecular weight is 289 g/mol. The van der Waals surface area contributed by atoms with Gasteiger partial charge in [-0.15, -0.1) is 0 Å². The highest BCUT2D eigenvalue weighted by molar-refractivity contribution is 6.33. The predicted octanol–water partition coefficient (Wildman–Crippen LogP) is 4.01. The molecule has 0 aliphatic heterocycles. The maximum Gasteiger partial charge on any atom is 0.243 e. The summed E-state index contributed by atoms with van der Waals surface area (Å²) in [5.41, 5.74) is 3.68. The van der Waals surface area contributed by atoms with Crippen molar-refractivity contribution in [2.75, 3.05) is 17.2 Å². The van der Waals surface area contributed by atoms with Crippen LogP contribution in [0, 0.1) is 13.8 Å². The number of halogens is 1. The first-order valence-corrected chi connectivity index (χ1v) is 6.80. The minimum absolute atomic E-state index is 0.0985. The van der Waals surface area contributed by atoms with Crippen LogP contribution in [0.2, 0.25) is 5.02 Å². The van der Waals surface area contributed by atoms with Crippen LogP contribution in [0.25, 0.3) is 0 Å². The van der Waals surface area contributed by atoms with E-state index in [1.807, 2.05) is 50.2 Å². The zero-order valence-electron chi connectivity index (χ0n) is 11.5. The van der Waals surface area contributed by atoms with Crippen LogP contribution < -0.4 is 10.6 Å². The molecular formula is C16H17ClN2O. The first-order valence-electron chi connectivity index (χ1n) is 6.42. The summed E-state index contributed by atoms with van der Waals surface area (Å²) in [6.07, 6.45) is 0. The van der Waals surface area contributed by atoms with Gasteiger partial charge < -0.3 is 10.6 Å². The van der Waals surface area contributed by atoms with E-state index in [0.717, 1.165) is 22.5 Å². The number of aryl methyl sites for hydroxylation is 2. The number of anilines is 2. The Morgan fingerprint density at radius 1 is 1.05 bits per heavy atom. The lowest BCUT2D eigenvalue weighted by Crippen LogP contribution is -2.22. The van der Waals surface area contributed by atoms with Crippen LogP contribution in [-0.2, 0) is 4.79 Å². The number of hydrogen-bond acceptors (Lipinski definition) is 2. The number of para-hydroxylation sites is 2. The molecule has 0 spiro atoms. The molecule has 0 saturated carbocycles. The van der Waals surface area contributed by atoms with Crippen molar-refractivity contribution in [3.8, 4) is 0 Å². The number of benzene rings is 2. The third-order valence-electron chi connectivity index (χ3n) is 3.07. The van der Waals surface area contributed by atoms with Gasteiger partial charge in [-0.2, -0.15) is 0 Å². The predicted molar refractivity (Wildman–Crippen MR) is 84.5 cm³/mol. The summed E-state index contributed by atoms with van der Waals surface area (Å²) in [7, 11) is 0. The van der Waals surface area contributed by atoms with Crippen LogP contribution in [0.1, 0.15) is 11.1 Å². The van der Waals surface area contributed by atoms with E-state index in [1.165, 1.54) is 0 Å². The van der Waals surface area contributed by atoms with Gasteiger partial charge in [-0.05, 0) is 37.1 Å². The van der Waals surface area contributed by atoms with Crippen molar-refractivity contribution in [1.29, 1.82) is 0 Å². The summed E-state index contributed by atoms with van der Waals surface area (Å²) < 4.78 is 0. The molecule has 2 rings (SSSR count). The number of carbonyl (C=O) groups is 1. The fraction of sp³-hybridized carbons (Fsp3) is 0.188. The zero-order chi connectivity index (χ0) is 14.5. The lowest BCUT2D eigenvalue weighted by Gasteiger charge is -2.12. The topological polar surface area (TPSA) is 41.1 Å². The van der Waals surface area contributed by atoms with Crippen molar-refractivity contribution in [3.05, 3.63) is 58.6 Å². The Kier molecular flexibility index (Phi) is 4.64. The molecule has 0 heterocycles. The summed E-state index contributed by atoms with van der Waals surface area (Å²) in [4.78, 5) is 11.9. The number of hydrogen-bond donors (Lipinski definition) is 2. The van der Waals surface area contributed by atoms with Gasteiger partial charge in [-0.3, -0.25) is 4.79 Å². The molecule has 0 aromatic heterocycles. The second kappa shape index (κ2) is 6.44. The van der Waals surface area contributed by atoms with E-state index in [2.05, 4.69) is 10.6 Å². The molecule has 2 N–H and O–H groups in total. The van der Waals surface area contributed by atoms with Gasteiger partial charge in [0.05, 0.1) is 17.3 Å². The van der Waals surface area contributed by atoms with Gasteiger partial charge in [-0.1, -0.05) is 41.9 Å². The number of carbonyl (C=O) groups excluding carboxylic acids is 1. The summed E-state index contributed by atoms with van der Waals surface area (Å²) in [5, 5.41) is 6.57. The molecule has 20 heavy (non-hydrogen) atoms. The molecule has 2 aromatic carbocycles. The van der Waals surface area contributed by atoms with E-state index in [-0.39, 0.29) is 12.5 Å². The molecule has 0 atom stereocenters. The maximum absolute atomic E-state index is 11.9. The van der Waals surface area contributed by atoms with E-state index in [4.69, 9.17) is 11.6 Å². The largest absolute Gasteiger partial charge is 0.375 e. The Balaban J connectivity index is 1.98. The van der Waals surface area contributed by atoms with Gasteiger partial charge in [0.25, 0.3) is 0 Å². The molecule has 0 radical (unpaired) electrons. The Hall–Kier alpha value is -2.00. The SMILES string of the molecule is Cc1ccccc1NC(=O)CNc1c(C)cccc1Cl. The minimum atomic E-state index is -0.0985. The Morgan fingerprint density at radius 3 is 2.45 bits per heavy atom. The zero-order valence-corrected chi connectivity index (χ0v) is 12.3. The number of amides is 1. The first kappa shape index (κ1) is 14.4. The molecule has 0 saturated heterocycles. The molecule has 0 bridgehead atoms. The fourth-order valence-corrected chi connectivity index (χ4v) is 2.22. The molecule has 0 fully saturated rings. The van der Waals surface area contributed by atoms with Gasteiger partial charge in [0, 0.05) is 5.69 Å². The normalized spacial score (nSPS) is 10.2. The standard InChI is InChI=1S/C16H17ClN2O/c1-11-6-3-4-9-14(11)19-15(20)10-18-16-12(2)7-5-8-13(16)17/h3-9,18H,10H2,1-2H3,(H,19,20). The van der Waals surface area contributed by atoms with Gasteiger partial charge >= 0.3 is 0 Å². The van der Waals surface area contributed by atoms with E-state index in [1.54, 1.807) is 6.07 Å². The summed E-state index contributed by atoms with van der Waals surface area (Å²) >= 11 is 6.10. The van der Waals surface area contributed by atoms with Crippen LogP contribution in [0.4, 0.5) is 11.4 Å². The monoisotopic (exact) mass is 288 g/mol. The highest BCUT2D eigenvalue weighted by Crippen LogP contribution is 2.24. The lowest BCUT2D eigenvalue weighted by atomic mass is 10.2. The average Bonchev–Trinajstić information content (AvgIpc) is 2.41. The van der Waals surface area contributed by atoms with Crippen molar-refractivity contribution >= 4 is 28.9 Å². The summed E-state index contributed by atoms with van der Waals surface area (Å²) in [5.74, 6) is -0.0985. The van der Waals surface area contributed by atoms with Crippen molar-refractivity contribution in [3.63, 3.8) is 0 Å². The number of rotatable bonds is 4. The van der Waals surface area contributed by atoms with Crippen molar-refractivity contribution in [2.45, 2.75) is 13.8 Å². The molecule has 4 heteroatoms. The Morgan fingerprint density at radius 2 is 1.75 bits per heavy atom. The summed E-state index contributed by atoms with van der Waals surface area (Å²) in [6, 6.07) is 13.3. The van der Waals surface area contributed by atoms with Crippen LogP contribution in [-0.4, -0.2) is 12.5 Å². The first-order chi connectivity index (χ1) is 9.58. The molecule has 0 aliphatic rings. The Bertz CT molecular complexity index is 605. The fourth-order valence-electron chi connectivity index (χ4n) is 1.93. The third-order valence-corrected chi connectivity index (χ3v) is 3.38. The third kappa shape index (κ3) is 3.52.